The van der Waals surface area contributed by atoms with Crippen molar-refractivity contribution in [2.45, 2.75) is 46.6 Å². The van der Waals surface area contributed by atoms with Gasteiger partial charge in [0.15, 0.2) is 0 Å². The normalized spacial score (nSPS) is 14.8. The van der Waals surface area contributed by atoms with Gasteiger partial charge in [-0.3, -0.25) is 9.36 Å². The van der Waals surface area contributed by atoms with Crippen molar-refractivity contribution in [3.63, 3.8) is 0 Å². The van der Waals surface area contributed by atoms with Crippen LogP contribution in [0.5, 0.6) is 0 Å². The Morgan fingerprint density at radius 3 is 2.59 bits per heavy atom. The molecule has 1 aliphatic heterocycles. The minimum atomic E-state index is -0.00579. The first kappa shape index (κ1) is 14.8. The van der Waals surface area contributed by atoms with Gasteiger partial charge in [-0.1, -0.05) is 12.1 Å². The lowest BCUT2D eigenvalue weighted by atomic mass is 10.2. The largest absolute Gasteiger partial charge is 0.361 e. The molecule has 2 aromatic heterocycles. The molecule has 0 spiro atoms. The molecule has 22 heavy (non-hydrogen) atoms. The molecule has 0 unspecified atom stereocenters. The summed E-state index contributed by atoms with van der Waals surface area (Å²) in [5, 5.41) is 3.98. The van der Waals surface area contributed by atoms with Crippen LogP contribution in [0.4, 0.5) is 5.95 Å². The fourth-order valence-electron chi connectivity index (χ4n) is 2.91. The predicted octanol–water partition coefficient (Wildman–Crippen LogP) is 2.06. The van der Waals surface area contributed by atoms with Gasteiger partial charge in [-0.2, -0.15) is 0 Å². The lowest BCUT2D eigenvalue weighted by molar-refractivity contribution is 0.392. The van der Waals surface area contributed by atoms with E-state index in [0.29, 0.717) is 6.54 Å². The Morgan fingerprint density at radius 2 is 2.00 bits per heavy atom. The number of aryl methyl sites for hydroxylation is 3. The summed E-state index contributed by atoms with van der Waals surface area (Å²) in [7, 11) is 0. The molecule has 0 bridgehead atoms. The zero-order chi connectivity index (χ0) is 15.7. The first-order valence-electron chi connectivity index (χ1n) is 7.87. The fraction of sp³-hybridized carbons (Fsp3) is 0.562. The third-order valence-corrected chi connectivity index (χ3v) is 4.29. The maximum absolute atomic E-state index is 12.6. The van der Waals surface area contributed by atoms with Crippen LogP contribution in [-0.4, -0.2) is 27.8 Å². The fourth-order valence-corrected chi connectivity index (χ4v) is 2.91. The van der Waals surface area contributed by atoms with E-state index in [2.05, 4.69) is 10.1 Å². The minimum absolute atomic E-state index is 0.00579. The Balaban J connectivity index is 2.07. The maximum atomic E-state index is 12.6. The Morgan fingerprint density at radius 1 is 1.27 bits per heavy atom. The van der Waals surface area contributed by atoms with Crippen molar-refractivity contribution in [3.05, 3.63) is 39.1 Å². The van der Waals surface area contributed by atoms with E-state index >= 15 is 0 Å². The van der Waals surface area contributed by atoms with Crippen LogP contribution in [0, 0.1) is 13.8 Å². The minimum Gasteiger partial charge on any atom is -0.361 e. The molecule has 0 amide bonds. The van der Waals surface area contributed by atoms with Crippen molar-refractivity contribution in [2.24, 2.45) is 0 Å². The highest BCUT2D eigenvalue weighted by atomic mass is 16.5. The highest BCUT2D eigenvalue weighted by Crippen LogP contribution is 2.20. The average molecular weight is 302 g/mol. The van der Waals surface area contributed by atoms with Gasteiger partial charge < -0.3 is 9.42 Å². The molecule has 0 radical (unpaired) electrons. The Bertz CT molecular complexity index is 707. The standard InChI is InChI=1S/C16H22N4O2/c1-4-13-9-15(21)20(10-14-11(2)18-22-12(14)3)16(17-13)19-7-5-6-8-19/h9H,4-8,10H2,1-3H3. The summed E-state index contributed by atoms with van der Waals surface area (Å²) in [5.74, 6) is 1.54. The van der Waals surface area contributed by atoms with Gasteiger partial charge >= 0.3 is 0 Å². The number of rotatable bonds is 4. The van der Waals surface area contributed by atoms with Crippen LogP contribution in [-0.2, 0) is 13.0 Å². The van der Waals surface area contributed by atoms with Crippen molar-refractivity contribution in [1.82, 2.24) is 14.7 Å². The van der Waals surface area contributed by atoms with Crippen molar-refractivity contribution in [2.75, 3.05) is 18.0 Å². The average Bonchev–Trinajstić information content (AvgIpc) is 3.13. The van der Waals surface area contributed by atoms with Crippen molar-refractivity contribution >= 4 is 5.95 Å². The quantitative estimate of drug-likeness (QED) is 0.865. The Hall–Kier alpha value is -2.11. The highest BCUT2D eigenvalue weighted by molar-refractivity contribution is 5.35. The number of anilines is 1. The van der Waals surface area contributed by atoms with E-state index in [9.17, 15) is 4.79 Å². The molecule has 1 fully saturated rings. The van der Waals surface area contributed by atoms with Gasteiger partial charge in [0.05, 0.1) is 12.2 Å². The second-order valence-corrected chi connectivity index (χ2v) is 5.82. The van der Waals surface area contributed by atoms with Crippen LogP contribution in [0.3, 0.4) is 0 Å². The SMILES string of the molecule is CCc1cc(=O)n(Cc2c(C)noc2C)c(N2CCCC2)n1. The number of aromatic nitrogens is 3. The van der Waals surface area contributed by atoms with Crippen molar-refractivity contribution in [1.29, 1.82) is 0 Å². The smallest absolute Gasteiger partial charge is 0.255 e. The van der Waals surface area contributed by atoms with E-state index < -0.39 is 0 Å². The molecule has 6 nitrogen and oxygen atoms in total. The van der Waals surface area contributed by atoms with Crippen molar-refractivity contribution < 1.29 is 4.52 Å². The van der Waals surface area contributed by atoms with E-state index in [1.54, 1.807) is 10.6 Å². The zero-order valence-corrected chi connectivity index (χ0v) is 13.4. The second kappa shape index (κ2) is 5.94. The van der Waals surface area contributed by atoms with Crippen LogP contribution in [0.2, 0.25) is 0 Å². The van der Waals surface area contributed by atoms with E-state index in [-0.39, 0.29) is 5.56 Å². The third-order valence-electron chi connectivity index (χ3n) is 4.29. The molecule has 2 aromatic rings. The third kappa shape index (κ3) is 2.65. The first-order valence-corrected chi connectivity index (χ1v) is 7.87. The summed E-state index contributed by atoms with van der Waals surface area (Å²) in [6.07, 6.45) is 3.07. The molecule has 3 heterocycles. The van der Waals surface area contributed by atoms with Gasteiger partial charge in [0.1, 0.15) is 5.76 Å². The molecular weight excluding hydrogens is 280 g/mol. The molecule has 0 aliphatic carbocycles. The molecule has 3 rings (SSSR count). The van der Waals surface area contributed by atoms with Gasteiger partial charge in [-0.15, -0.1) is 0 Å². The summed E-state index contributed by atoms with van der Waals surface area (Å²) >= 11 is 0. The van der Waals surface area contributed by atoms with E-state index in [1.165, 1.54) is 0 Å². The molecule has 0 saturated carbocycles. The van der Waals surface area contributed by atoms with Crippen LogP contribution < -0.4 is 10.5 Å². The lowest BCUT2D eigenvalue weighted by Crippen LogP contribution is -2.32. The van der Waals surface area contributed by atoms with E-state index in [4.69, 9.17) is 9.51 Å². The second-order valence-electron chi connectivity index (χ2n) is 5.82. The van der Waals surface area contributed by atoms with Gasteiger partial charge in [0, 0.05) is 30.4 Å². The van der Waals surface area contributed by atoms with Gasteiger partial charge in [-0.05, 0) is 33.1 Å². The van der Waals surface area contributed by atoms with Gasteiger partial charge in [-0.25, -0.2) is 4.98 Å². The van der Waals surface area contributed by atoms with Crippen molar-refractivity contribution in [3.8, 4) is 0 Å². The molecule has 6 heteroatoms. The molecular formula is C16H22N4O2. The highest BCUT2D eigenvalue weighted by Gasteiger charge is 2.21. The Labute approximate surface area is 129 Å². The molecule has 0 aromatic carbocycles. The summed E-state index contributed by atoms with van der Waals surface area (Å²) < 4.78 is 6.97. The van der Waals surface area contributed by atoms with Crippen LogP contribution >= 0.6 is 0 Å². The summed E-state index contributed by atoms with van der Waals surface area (Å²) in [5.41, 5.74) is 2.64. The van der Waals surface area contributed by atoms with E-state index in [1.807, 2.05) is 20.8 Å². The maximum Gasteiger partial charge on any atom is 0.255 e. The first-order chi connectivity index (χ1) is 10.6. The number of nitrogens with zero attached hydrogens (tertiary/aromatic N) is 4. The van der Waals surface area contributed by atoms with Crippen LogP contribution in [0.15, 0.2) is 15.4 Å². The molecule has 1 aliphatic rings. The van der Waals surface area contributed by atoms with Gasteiger partial charge in [0.25, 0.3) is 5.56 Å². The lowest BCUT2D eigenvalue weighted by Gasteiger charge is -2.21. The number of hydrogen-bond acceptors (Lipinski definition) is 5. The summed E-state index contributed by atoms with van der Waals surface area (Å²) in [6, 6.07) is 1.64. The summed E-state index contributed by atoms with van der Waals surface area (Å²) in [6.45, 7) is 8.18. The molecule has 1 saturated heterocycles. The van der Waals surface area contributed by atoms with E-state index in [0.717, 1.165) is 61.0 Å². The topological polar surface area (TPSA) is 64.2 Å². The molecule has 0 atom stereocenters. The predicted molar refractivity (Wildman–Crippen MR) is 84.4 cm³/mol. The molecule has 0 N–H and O–H groups in total. The summed E-state index contributed by atoms with van der Waals surface area (Å²) in [4.78, 5) is 19.5. The van der Waals surface area contributed by atoms with Crippen LogP contribution in [0.25, 0.3) is 0 Å². The monoisotopic (exact) mass is 302 g/mol. The molecule has 118 valence electrons. The Kier molecular flexibility index (Phi) is 4.00. The van der Waals surface area contributed by atoms with Crippen LogP contribution in [0.1, 0.15) is 42.5 Å². The number of hydrogen-bond donors (Lipinski definition) is 0. The zero-order valence-electron chi connectivity index (χ0n) is 13.4. The van der Waals surface area contributed by atoms with Gasteiger partial charge in [0.2, 0.25) is 5.95 Å².